The third kappa shape index (κ3) is 3.80. The molecule has 27 heavy (non-hydrogen) atoms. The quantitative estimate of drug-likeness (QED) is 0.833. The first-order chi connectivity index (χ1) is 13.3. The molecule has 5 nitrogen and oxygen atoms in total. The summed E-state index contributed by atoms with van der Waals surface area (Å²) in [6, 6.07) is 11.3. The molecular weight excluding hydrogens is 338 g/mol. The van der Waals surface area contributed by atoms with Crippen LogP contribution in [0.25, 0.3) is 0 Å². The smallest absolute Gasteiger partial charge is 0.161 e. The highest BCUT2D eigenvalue weighted by molar-refractivity contribution is 5.43. The molecule has 142 valence electrons. The van der Waals surface area contributed by atoms with Gasteiger partial charge in [0.15, 0.2) is 11.5 Å². The van der Waals surface area contributed by atoms with E-state index in [0.717, 1.165) is 37.1 Å². The summed E-state index contributed by atoms with van der Waals surface area (Å²) in [5.74, 6) is 2.55. The summed E-state index contributed by atoms with van der Waals surface area (Å²) in [5.41, 5.74) is 2.69. The average Bonchev–Trinajstić information content (AvgIpc) is 2.99. The molecule has 0 radical (unpaired) electrons. The van der Waals surface area contributed by atoms with Crippen molar-refractivity contribution in [3.63, 3.8) is 0 Å². The van der Waals surface area contributed by atoms with Gasteiger partial charge in [-0.2, -0.15) is 0 Å². The largest absolute Gasteiger partial charge is 0.486 e. The van der Waals surface area contributed by atoms with E-state index in [0.29, 0.717) is 19.3 Å². The Morgan fingerprint density at radius 1 is 0.852 bits per heavy atom. The molecule has 1 aromatic carbocycles. The Morgan fingerprint density at radius 2 is 1.70 bits per heavy atom. The maximum Gasteiger partial charge on any atom is 0.161 e. The molecule has 4 aliphatic heterocycles. The standard InChI is InChI=1S/C22H27N3O2/c1-3-20-16-24(12-17-5-7-23-8-6-17)13-19(1)15-25(20)14-18-2-4-21-22(11-18)27-10-9-26-21/h2,4-8,11,19-20H,1,3,9-10,12-16H2. The van der Waals surface area contributed by atoms with Gasteiger partial charge in [-0.1, -0.05) is 6.07 Å². The third-order valence-corrected chi connectivity index (χ3v) is 6.05. The van der Waals surface area contributed by atoms with Crippen LogP contribution in [0.3, 0.4) is 0 Å². The Bertz CT molecular complexity index is 782. The summed E-state index contributed by atoms with van der Waals surface area (Å²) in [4.78, 5) is 9.47. The second kappa shape index (κ2) is 7.49. The summed E-state index contributed by atoms with van der Waals surface area (Å²) in [6.45, 7) is 6.89. The van der Waals surface area contributed by atoms with Crippen molar-refractivity contribution in [2.24, 2.45) is 5.92 Å². The van der Waals surface area contributed by atoms with Crippen LogP contribution >= 0.6 is 0 Å². The number of hydrogen-bond donors (Lipinski definition) is 0. The number of nitrogens with zero attached hydrogens (tertiary/aromatic N) is 3. The highest BCUT2D eigenvalue weighted by Crippen LogP contribution is 2.33. The molecule has 0 amide bonds. The molecule has 0 aliphatic carbocycles. The minimum Gasteiger partial charge on any atom is -0.486 e. The van der Waals surface area contributed by atoms with Crippen molar-refractivity contribution in [2.45, 2.75) is 32.0 Å². The van der Waals surface area contributed by atoms with Crippen molar-refractivity contribution in [1.82, 2.24) is 14.8 Å². The molecule has 1 aromatic heterocycles. The number of benzene rings is 1. The van der Waals surface area contributed by atoms with Crippen LogP contribution in [-0.2, 0) is 13.1 Å². The summed E-state index contributed by atoms with van der Waals surface area (Å²) in [5, 5.41) is 0. The monoisotopic (exact) mass is 365 g/mol. The van der Waals surface area contributed by atoms with Crippen molar-refractivity contribution in [3.8, 4) is 11.5 Å². The van der Waals surface area contributed by atoms with Crippen LogP contribution in [0.5, 0.6) is 11.5 Å². The van der Waals surface area contributed by atoms with Crippen LogP contribution in [0, 0.1) is 5.92 Å². The van der Waals surface area contributed by atoms with E-state index in [-0.39, 0.29) is 0 Å². The second-order valence-electron chi connectivity index (χ2n) is 8.05. The molecule has 2 bridgehead atoms. The van der Waals surface area contributed by atoms with E-state index in [1.807, 2.05) is 12.4 Å². The molecule has 5 heteroatoms. The maximum atomic E-state index is 5.77. The molecule has 2 unspecified atom stereocenters. The van der Waals surface area contributed by atoms with E-state index in [1.165, 1.54) is 37.1 Å². The zero-order chi connectivity index (χ0) is 18.1. The number of aromatic nitrogens is 1. The van der Waals surface area contributed by atoms with Crippen LogP contribution in [0.2, 0.25) is 0 Å². The van der Waals surface area contributed by atoms with Crippen molar-refractivity contribution in [1.29, 1.82) is 0 Å². The van der Waals surface area contributed by atoms with Crippen LogP contribution in [0.15, 0.2) is 42.7 Å². The number of fused-ring (bicyclic) bond motifs is 5. The van der Waals surface area contributed by atoms with E-state index in [9.17, 15) is 0 Å². The number of rotatable bonds is 4. The highest BCUT2D eigenvalue weighted by Gasteiger charge is 2.34. The molecule has 5 heterocycles. The number of hydrogen-bond acceptors (Lipinski definition) is 5. The van der Waals surface area contributed by atoms with E-state index in [1.54, 1.807) is 0 Å². The van der Waals surface area contributed by atoms with Gasteiger partial charge in [-0.05, 0) is 54.2 Å². The minimum absolute atomic E-state index is 0.638. The fraction of sp³-hybridized carbons (Fsp3) is 0.500. The van der Waals surface area contributed by atoms with Gasteiger partial charge in [-0.25, -0.2) is 0 Å². The Labute approximate surface area is 160 Å². The first-order valence-electron chi connectivity index (χ1n) is 10.1. The van der Waals surface area contributed by atoms with Gasteiger partial charge < -0.3 is 9.47 Å². The van der Waals surface area contributed by atoms with E-state index in [2.05, 4.69) is 45.1 Å². The van der Waals surface area contributed by atoms with Crippen LogP contribution in [-0.4, -0.2) is 53.7 Å². The number of ether oxygens (including phenoxy) is 2. The molecular formula is C22H27N3O2. The van der Waals surface area contributed by atoms with Gasteiger partial charge in [0.25, 0.3) is 0 Å². The number of piperidine rings is 1. The summed E-state index contributed by atoms with van der Waals surface area (Å²) >= 11 is 0. The third-order valence-electron chi connectivity index (χ3n) is 6.05. The fourth-order valence-corrected chi connectivity index (χ4v) is 4.77. The zero-order valence-corrected chi connectivity index (χ0v) is 15.7. The molecule has 6 rings (SSSR count). The SMILES string of the molecule is c1cc(CN2CC3CCC(C2)N(Cc2ccc4c(c2)OCCO4)C3)ccn1. The molecule has 2 aromatic rings. The first-order valence-corrected chi connectivity index (χ1v) is 10.1. The zero-order valence-electron chi connectivity index (χ0n) is 15.7. The Balaban J connectivity index is 1.28. The van der Waals surface area contributed by atoms with Gasteiger partial charge >= 0.3 is 0 Å². The van der Waals surface area contributed by atoms with Crippen LogP contribution in [0.4, 0.5) is 0 Å². The summed E-state index contributed by atoms with van der Waals surface area (Å²) in [7, 11) is 0. The minimum atomic E-state index is 0.638. The van der Waals surface area contributed by atoms with Crippen molar-refractivity contribution in [2.75, 3.05) is 32.8 Å². The second-order valence-corrected chi connectivity index (χ2v) is 8.05. The number of pyridine rings is 1. The Hall–Kier alpha value is -2.11. The van der Waals surface area contributed by atoms with Crippen LogP contribution in [0.1, 0.15) is 24.0 Å². The highest BCUT2D eigenvalue weighted by atomic mass is 16.6. The van der Waals surface area contributed by atoms with Crippen molar-refractivity contribution < 1.29 is 9.47 Å². The van der Waals surface area contributed by atoms with Gasteiger partial charge in [-0.3, -0.25) is 14.8 Å². The molecule has 4 aliphatic rings. The maximum absolute atomic E-state index is 5.77. The van der Waals surface area contributed by atoms with Gasteiger partial charge in [0, 0.05) is 51.2 Å². The molecule has 0 N–H and O–H groups in total. The van der Waals surface area contributed by atoms with Gasteiger partial charge in [-0.15, -0.1) is 0 Å². The normalized spacial score (nSPS) is 25.3. The molecule has 3 fully saturated rings. The van der Waals surface area contributed by atoms with E-state index in [4.69, 9.17) is 9.47 Å². The van der Waals surface area contributed by atoms with Crippen molar-refractivity contribution >= 4 is 0 Å². The lowest BCUT2D eigenvalue weighted by Crippen LogP contribution is -2.43. The predicted octanol–water partition coefficient (Wildman–Crippen LogP) is 2.95. The first kappa shape index (κ1) is 17.0. The molecule has 0 spiro atoms. The van der Waals surface area contributed by atoms with E-state index < -0.39 is 0 Å². The topological polar surface area (TPSA) is 37.8 Å². The van der Waals surface area contributed by atoms with Crippen molar-refractivity contribution in [3.05, 3.63) is 53.9 Å². The lowest BCUT2D eigenvalue weighted by Gasteiger charge is -2.36. The molecule has 3 saturated heterocycles. The lowest BCUT2D eigenvalue weighted by atomic mass is 9.94. The van der Waals surface area contributed by atoms with E-state index >= 15 is 0 Å². The predicted molar refractivity (Wildman–Crippen MR) is 104 cm³/mol. The molecule has 0 saturated carbocycles. The molecule has 2 atom stereocenters. The Kier molecular flexibility index (Phi) is 4.72. The lowest BCUT2D eigenvalue weighted by molar-refractivity contribution is 0.122. The van der Waals surface area contributed by atoms with Crippen LogP contribution < -0.4 is 9.47 Å². The fourth-order valence-electron chi connectivity index (χ4n) is 4.77. The Morgan fingerprint density at radius 3 is 2.59 bits per heavy atom. The average molecular weight is 365 g/mol. The van der Waals surface area contributed by atoms with Gasteiger partial charge in [0.2, 0.25) is 0 Å². The van der Waals surface area contributed by atoms with Gasteiger partial charge in [0.1, 0.15) is 13.2 Å². The summed E-state index contributed by atoms with van der Waals surface area (Å²) < 4.78 is 11.4. The summed E-state index contributed by atoms with van der Waals surface area (Å²) in [6.07, 6.45) is 6.46. The van der Waals surface area contributed by atoms with Gasteiger partial charge in [0.05, 0.1) is 0 Å².